The molecule has 0 bridgehead atoms. The molecule has 100 valence electrons. The molecular weight excluding hydrogens is 232 g/mol. The highest BCUT2D eigenvalue weighted by Crippen LogP contribution is 2.29. The number of rotatable bonds is 6. The Bertz CT molecular complexity index is 385. The van der Waals surface area contributed by atoms with Crippen LogP contribution >= 0.6 is 0 Å². The van der Waals surface area contributed by atoms with Gasteiger partial charge in [-0.05, 0) is 19.2 Å². The predicted molar refractivity (Wildman–Crippen MR) is 70.4 cm³/mol. The van der Waals surface area contributed by atoms with Gasteiger partial charge in [-0.15, -0.1) is 0 Å². The second-order valence-corrected chi connectivity index (χ2v) is 3.87. The van der Waals surface area contributed by atoms with Gasteiger partial charge >= 0.3 is 0 Å². The van der Waals surface area contributed by atoms with Crippen LogP contribution in [0.1, 0.15) is 10.4 Å². The molecule has 1 amide bonds. The Morgan fingerprint density at radius 3 is 2.28 bits per heavy atom. The molecule has 0 aliphatic heterocycles. The van der Waals surface area contributed by atoms with Gasteiger partial charge in [-0.3, -0.25) is 4.79 Å². The van der Waals surface area contributed by atoms with Gasteiger partial charge in [-0.1, -0.05) is 6.07 Å². The van der Waals surface area contributed by atoms with Crippen LogP contribution in [0.5, 0.6) is 11.5 Å². The number of nitrogens with one attached hydrogen (secondary N) is 1. The summed E-state index contributed by atoms with van der Waals surface area (Å²) in [4.78, 5) is 14.0. The van der Waals surface area contributed by atoms with Crippen LogP contribution in [-0.4, -0.2) is 52.2 Å². The van der Waals surface area contributed by atoms with Crippen molar-refractivity contribution in [3.63, 3.8) is 0 Å². The third-order valence-corrected chi connectivity index (χ3v) is 2.69. The highest BCUT2D eigenvalue weighted by molar-refractivity contribution is 5.99. The summed E-state index contributed by atoms with van der Waals surface area (Å²) in [6.07, 6.45) is 0. The van der Waals surface area contributed by atoms with Gasteiger partial charge in [0.05, 0.1) is 14.2 Å². The lowest BCUT2D eigenvalue weighted by Gasteiger charge is -2.20. The SMILES string of the molecule is CNCCN(C)C(=O)c1c(OC)cccc1OC. The molecule has 1 N–H and O–H groups in total. The van der Waals surface area contributed by atoms with E-state index >= 15 is 0 Å². The smallest absolute Gasteiger partial charge is 0.261 e. The van der Waals surface area contributed by atoms with Gasteiger partial charge in [0, 0.05) is 20.1 Å². The minimum Gasteiger partial charge on any atom is -0.496 e. The van der Waals surface area contributed by atoms with E-state index in [9.17, 15) is 4.79 Å². The number of hydrogen-bond donors (Lipinski definition) is 1. The number of likely N-dealkylation sites (N-methyl/N-ethyl adjacent to an activating group) is 2. The number of carbonyl (C=O) groups excluding carboxylic acids is 1. The number of benzene rings is 1. The molecule has 5 nitrogen and oxygen atoms in total. The molecule has 0 unspecified atom stereocenters. The van der Waals surface area contributed by atoms with Crippen LogP contribution in [0.2, 0.25) is 0 Å². The monoisotopic (exact) mass is 252 g/mol. The summed E-state index contributed by atoms with van der Waals surface area (Å²) in [5, 5.41) is 3.01. The van der Waals surface area contributed by atoms with E-state index in [1.807, 2.05) is 7.05 Å². The number of hydrogen-bond acceptors (Lipinski definition) is 4. The summed E-state index contributed by atoms with van der Waals surface area (Å²) in [6, 6.07) is 5.30. The zero-order valence-corrected chi connectivity index (χ0v) is 11.3. The maximum Gasteiger partial charge on any atom is 0.261 e. The van der Waals surface area contributed by atoms with E-state index in [1.54, 1.807) is 44.4 Å². The van der Waals surface area contributed by atoms with Crippen LogP contribution in [0.25, 0.3) is 0 Å². The molecule has 0 aromatic heterocycles. The van der Waals surface area contributed by atoms with Crippen molar-refractivity contribution in [2.24, 2.45) is 0 Å². The van der Waals surface area contributed by atoms with Crippen molar-refractivity contribution < 1.29 is 14.3 Å². The Morgan fingerprint density at radius 2 is 1.83 bits per heavy atom. The molecule has 5 heteroatoms. The summed E-state index contributed by atoms with van der Waals surface area (Å²) < 4.78 is 10.4. The zero-order valence-electron chi connectivity index (χ0n) is 11.3. The summed E-state index contributed by atoms with van der Waals surface area (Å²) in [7, 11) is 6.69. The predicted octanol–water partition coefficient (Wildman–Crippen LogP) is 0.995. The first-order valence-corrected chi connectivity index (χ1v) is 5.76. The second kappa shape index (κ2) is 6.86. The van der Waals surface area contributed by atoms with Crippen LogP contribution in [0.4, 0.5) is 0 Å². The van der Waals surface area contributed by atoms with Crippen molar-refractivity contribution in [1.82, 2.24) is 10.2 Å². The standard InChI is InChI=1S/C13H20N2O3/c1-14-8-9-15(2)13(16)12-10(17-3)6-5-7-11(12)18-4/h5-7,14H,8-9H2,1-4H3. The van der Waals surface area contributed by atoms with Gasteiger partial charge in [0.1, 0.15) is 17.1 Å². The van der Waals surface area contributed by atoms with Gasteiger partial charge in [0.15, 0.2) is 0 Å². The van der Waals surface area contributed by atoms with Crippen LogP contribution < -0.4 is 14.8 Å². The summed E-state index contributed by atoms with van der Waals surface area (Å²) in [6.45, 7) is 1.36. The van der Waals surface area contributed by atoms with Crippen molar-refractivity contribution >= 4 is 5.91 Å². The molecule has 0 radical (unpaired) electrons. The molecule has 0 spiro atoms. The molecule has 0 atom stereocenters. The van der Waals surface area contributed by atoms with E-state index in [0.717, 1.165) is 6.54 Å². The molecule has 0 aliphatic carbocycles. The Labute approximate surface area is 108 Å². The number of nitrogens with zero attached hydrogens (tertiary/aromatic N) is 1. The average molecular weight is 252 g/mol. The normalized spacial score (nSPS) is 10.0. The fraction of sp³-hybridized carbons (Fsp3) is 0.462. The molecule has 1 aromatic carbocycles. The summed E-state index contributed by atoms with van der Waals surface area (Å²) >= 11 is 0. The van der Waals surface area contributed by atoms with E-state index in [2.05, 4.69) is 5.32 Å². The van der Waals surface area contributed by atoms with Crippen molar-refractivity contribution in [2.45, 2.75) is 0 Å². The Morgan fingerprint density at radius 1 is 1.28 bits per heavy atom. The molecule has 18 heavy (non-hydrogen) atoms. The summed E-state index contributed by atoms with van der Waals surface area (Å²) in [5.74, 6) is 0.936. The lowest BCUT2D eigenvalue weighted by atomic mass is 10.1. The third kappa shape index (κ3) is 3.13. The Kier molecular flexibility index (Phi) is 5.45. The highest BCUT2D eigenvalue weighted by Gasteiger charge is 2.21. The van der Waals surface area contributed by atoms with E-state index in [0.29, 0.717) is 23.6 Å². The van der Waals surface area contributed by atoms with Crippen LogP contribution in [0.3, 0.4) is 0 Å². The first-order chi connectivity index (χ1) is 8.65. The van der Waals surface area contributed by atoms with E-state index in [-0.39, 0.29) is 5.91 Å². The molecule has 0 saturated carbocycles. The van der Waals surface area contributed by atoms with Gasteiger partial charge in [0.25, 0.3) is 5.91 Å². The van der Waals surface area contributed by atoms with Crippen LogP contribution in [0, 0.1) is 0 Å². The minimum atomic E-state index is -0.112. The molecule has 0 saturated heterocycles. The molecule has 0 aliphatic rings. The maximum atomic E-state index is 12.3. The molecule has 0 fully saturated rings. The van der Waals surface area contributed by atoms with Gasteiger partial charge < -0.3 is 19.7 Å². The number of methoxy groups -OCH3 is 2. The van der Waals surface area contributed by atoms with E-state index in [4.69, 9.17) is 9.47 Å². The van der Waals surface area contributed by atoms with Gasteiger partial charge in [-0.2, -0.15) is 0 Å². The average Bonchev–Trinajstić information content (AvgIpc) is 2.42. The summed E-state index contributed by atoms with van der Waals surface area (Å²) in [5.41, 5.74) is 0.459. The fourth-order valence-electron chi connectivity index (χ4n) is 1.63. The van der Waals surface area contributed by atoms with Crippen LogP contribution in [-0.2, 0) is 0 Å². The van der Waals surface area contributed by atoms with Crippen LogP contribution in [0.15, 0.2) is 18.2 Å². The third-order valence-electron chi connectivity index (χ3n) is 2.69. The van der Waals surface area contributed by atoms with E-state index in [1.165, 1.54) is 0 Å². The Hall–Kier alpha value is -1.75. The van der Waals surface area contributed by atoms with Crippen molar-refractivity contribution in [1.29, 1.82) is 0 Å². The first kappa shape index (κ1) is 14.3. The quantitative estimate of drug-likeness (QED) is 0.820. The number of amides is 1. The van der Waals surface area contributed by atoms with E-state index < -0.39 is 0 Å². The van der Waals surface area contributed by atoms with Gasteiger partial charge in [0.2, 0.25) is 0 Å². The molecule has 1 aromatic rings. The second-order valence-electron chi connectivity index (χ2n) is 3.87. The molecule has 0 heterocycles. The number of carbonyl (C=O) groups is 1. The highest BCUT2D eigenvalue weighted by atomic mass is 16.5. The molecular formula is C13H20N2O3. The largest absolute Gasteiger partial charge is 0.496 e. The minimum absolute atomic E-state index is 0.112. The number of ether oxygens (including phenoxy) is 2. The van der Waals surface area contributed by atoms with Crippen molar-refractivity contribution in [2.75, 3.05) is 41.4 Å². The lowest BCUT2D eigenvalue weighted by Crippen LogP contribution is -2.33. The topological polar surface area (TPSA) is 50.8 Å². The molecule has 1 rings (SSSR count). The van der Waals surface area contributed by atoms with Gasteiger partial charge in [-0.25, -0.2) is 0 Å². The zero-order chi connectivity index (χ0) is 13.5. The van der Waals surface area contributed by atoms with Crippen molar-refractivity contribution in [3.8, 4) is 11.5 Å². The van der Waals surface area contributed by atoms with Crippen molar-refractivity contribution in [3.05, 3.63) is 23.8 Å². The Balaban J connectivity index is 3.02. The lowest BCUT2D eigenvalue weighted by molar-refractivity contribution is 0.0790. The fourth-order valence-corrected chi connectivity index (χ4v) is 1.63. The first-order valence-electron chi connectivity index (χ1n) is 5.76. The maximum absolute atomic E-state index is 12.3.